The van der Waals surface area contributed by atoms with Gasteiger partial charge in [0.1, 0.15) is 0 Å². The lowest BCUT2D eigenvalue weighted by molar-refractivity contribution is 0.444. The fourth-order valence-electron chi connectivity index (χ4n) is 1.91. The molecular weight excluding hydrogens is 262 g/mol. The number of benzene rings is 1. The second kappa shape index (κ2) is 6.77. The van der Waals surface area contributed by atoms with Gasteiger partial charge in [0.25, 0.3) is 0 Å². The van der Waals surface area contributed by atoms with Crippen LogP contribution in [0.15, 0.2) is 18.2 Å². The van der Waals surface area contributed by atoms with Crippen molar-refractivity contribution in [1.29, 1.82) is 0 Å². The molecule has 0 saturated carbocycles. The van der Waals surface area contributed by atoms with Gasteiger partial charge in [-0.25, -0.2) is 12.7 Å². The molecule has 1 aromatic rings. The minimum absolute atomic E-state index is 0.459. The molecule has 0 aliphatic carbocycles. The molecule has 5 nitrogen and oxygen atoms in total. The fourth-order valence-corrected chi connectivity index (χ4v) is 2.80. The Balaban J connectivity index is 2.58. The van der Waals surface area contributed by atoms with Crippen molar-refractivity contribution in [3.8, 4) is 0 Å². The van der Waals surface area contributed by atoms with Crippen molar-refractivity contribution in [2.75, 3.05) is 36.9 Å². The fraction of sp³-hybridized carbons (Fsp3) is 0.538. The Hall–Kier alpha value is -1.27. The van der Waals surface area contributed by atoms with Crippen LogP contribution >= 0.6 is 0 Å². The van der Waals surface area contributed by atoms with E-state index >= 15 is 0 Å². The molecular formula is C13H23N3O2S. The van der Waals surface area contributed by atoms with Crippen molar-refractivity contribution in [3.05, 3.63) is 23.8 Å². The molecule has 108 valence electrons. The number of aryl methyl sites for hydroxylation is 1. The van der Waals surface area contributed by atoms with Crippen LogP contribution in [0.1, 0.15) is 19.4 Å². The van der Waals surface area contributed by atoms with Gasteiger partial charge in [-0.3, -0.25) is 0 Å². The van der Waals surface area contributed by atoms with Gasteiger partial charge in [0.15, 0.2) is 0 Å². The van der Waals surface area contributed by atoms with Gasteiger partial charge in [-0.15, -0.1) is 0 Å². The van der Waals surface area contributed by atoms with Crippen LogP contribution in [0.25, 0.3) is 0 Å². The predicted octanol–water partition coefficient (Wildman–Crippen LogP) is 1.52. The lowest BCUT2D eigenvalue weighted by Crippen LogP contribution is -2.33. The van der Waals surface area contributed by atoms with Gasteiger partial charge in [-0.1, -0.05) is 13.8 Å². The first-order valence-electron chi connectivity index (χ1n) is 6.45. The summed E-state index contributed by atoms with van der Waals surface area (Å²) in [5, 5.41) is 3.22. The quantitative estimate of drug-likeness (QED) is 0.745. The zero-order valence-electron chi connectivity index (χ0n) is 11.8. The van der Waals surface area contributed by atoms with E-state index in [1.165, 1.54) is 10.6 Å². The summed E-state index contributed by atoms with van der Waals surface area (Å²) >= 11 is 0. The van der Waals surface area contributed by atoms with Crippen molar-refractivity contribution in [2.24, 2.45) is 0 Å². The van der Waals surface area contributed by atoms with Crippen LogP contribution in [0.2, 0.25) is 0 Å². The summed E-state index contributed by atoms with van der Waals surface area (Å²) in [5.41, 5.74) is 8.70. The van der Waals surface area contributed by atoms with Crippen LogP contribution in [0.4, 0.5) is 11.4 Å². The molecule has 6 heteroatoms. The Morgan fingerprint density at radius 1 is 1.32 bits per heavy atom. The highest BCUT2D eigenvalue weighted by Crippen LogP contribution is 2.18. The number of nitrogen functional groups attached to an aromatic ring is 1. The first-order chi connectivity index (χ1) is 8.88. The molecule has 0 aliphatic rings. The number of nitrogens with one attached hydrogen (secondary N) is 1. The van der Waals surface area contributed by atoms with E-state index in [1.807, 2.05) is 25.1 Å². The second-order valence-corrected chi connectivity index (χ2v) is 6.43. The Kier molecular flexibility index (Phi) is 5.62. The third-order valence-electron chi connectivity index (χ3n) is 3.04. The third kappa shape index (κ3) is 4.72. The molecule has 0 atom stereocenters. The van der Waals surface area contributed by atoms with Crippen molar-refractivity contribution in [1.82, 2.24) is 4.31 Å². The van der Waals surface area contributed by atoms with Crippen LogP contribution in [0, 0.1) is 0 Å². The monoisotopic (exact) mass is 285 g/mol. The number of sulfonamides is 1. The summed E-state index contributed by atoms with van der Waals surface area (Å²) in [4.78, 5) is 0. The van der Waals surface area contributed by atoms with Gasteiger partial charge in [0, 0.05) is 31.0 Å². The molecule has 0 fully saturated rings. The van der Waals surface area contributed by atoms with E-state index in [4.69, 9.17) is 5.73 Å². The largest absolute Gasteiger partial charge is 0.399 e. The Morgan fingerprint density at radius 2 is 2.00 bits per heavy atom. The van der Waals surface area contributed by atoms with Crippen molar-refractivity contribution < 1.29 is 8.42 Å². The van der Waals surface area contributed by atoms with Gasteiger partial charge in [0.2, 0.25) is 10.0 Å². The minimum atomic E-state index is -3.12. The second-order valence-electron chi connectivity index (χ2n) is 4.45. The van der Waals surface area contributed by atoms with E-state index in [0.29, 0.717) is 19.6 Å². The van der Waals surface area contributed by atoms with Gasteiger partial charge in [0.05, 0.1) is 6.26 Å². The summed E-state index contributed by atoms with van der Waals surface area (Å²) in [6.45, 7) is 5.41. The average molecular weight is 285 g/mol. The van der Waals surface area contributed by atoms with Gasteiger partial charge in [-0.2, -0.15) is 0 Å². The van der Waals surface area contributed by atoms with E-state index in [2.05, 4.69) is 12.2 Å². The van der Waals surface area contributed by atoms with Crippen LogP contribution in [0.5, 0.6) is 0 Å². The minimum Gasteiger partial charge on any atom is -0.399 e. The summed E-state index contributed by atoms with van der Waals surface area (Å²) in [5.74, 6) is 0. The van der Waals surface area contributed by atoms with Crippen LogP contribution in [0.3, 0.4) is 0 Å². The molecule has 0 heterocycles. The molecule has 0 amide bonds. The summed E-state index contributed by atoms with van der Waals surface area (Å²) in [6, 6.07) is 5.78. The van der Waals surface area contributed by atoms with Gasteiger partial charge in [-0.05, 0) is 30.2 Å². The molecule has 3 N–H and O–H groups in total. The van der Waals surface area contributed by atoms with E-state index < -0.39 is 10.0 Å². The topological polar surface area (TPSA) is 75.4 Å². The maximum atomic E-state index is 11.4. The van der Waals surface area contributed by atoms with Crippen LogP contribution in [-0.4, -0.2) is 38.6 Å². The summed E-state index contributed by atoms with van der Waals surface area (Å²) in [6.07, 6.45) is 2.11. The molecule has 1 rings (SSSR count). The molecule has 0 saturated heterocycles. The highest BCUT2D eigenvalue weighted by Gasteiger charge is 2.13. The van der Waals surface area contributed by atoms with Crippen molar-refractivity contribution in [3.63, 3.8) is 0 Å². The van der Waals surface area contributed by atoms with Gasteiger partial charge >= 0.3 is 0 Å². The van der Waals surface area contributed by atoms with E-state index in [9.17, 15) is 8.42 Å². The zero-order chi connectivity index (χ0) is 14.5. The number of rotatable bonds is 7. The molecule has 19 heavy (non-hydrogen) atoms. The Bertz CT molecular complexity index is 515. The molecule has 0 spiro atoms. The van der Waals surface area contributed by atoms with E-state index in [-0.39, 0.29) is 0 Å². The third-order valence-corrected chi connectivity index (χ3v) is 4.41. The molecule has 1 aromatic carbocycles. The Labute approximate surface area is 115 Å². The number of nitrogens with zero attached hydrogens (tertiary/aromatic N) is 1. The molecule has 0 aliphatic heterocycles. The predicted molar refractivity (Wildman–Crippen MR) is 80.8 cm³/mol. The van der Waals surface area contributed by atoms with E-state index in [1.54, 1.807) is 0 Å². The van der Waals surface area contributed by atoms with Crippen LogP contribution in [-0.2, 0) is 16.4 Å². The average Bonchev–Trinajstić information content (AvgIpc) is 2.35. The van der Waals surface area contributed by atoms with Crippen LogP contribution < -0.4 is 11.1 Å². The van der Waals surface area contributed by atoms with Crippen molar-refractivity contribution in [2.45, 2.75) is 20.3 Å². The molecule has 0 unspecified atom stereocenters. The standard InChI is InChI=1S/C13H23N3O2S/c1-4-11-10-12(6-7-13(11)14)15-8-9-16(5-2)19(3,17)18/h6-7,10,15H,4-5,8-9,14H2,1-3H3. The Morgan fingerprint density at radius 3 is 2.53 bits per heavy atom. The normalized spacial score (nSPS) is 11.8. The number of hydrogen-bond acceptors (Lipinski definition) is 4. The molecule has 0 radical (unpaired) electrons. The SMILES string of the molecule is CCc1cc(NCCN(CC)S(C)(=O)=O)ccc1N. The number of anilines is 2. The number of hydrogen-bond donors (Lipinski definition) is 2. The number of likely N-dealkylation sites (N-methyl/N-ethyl adjacent to an activating group) is 1. The number of nitrogens with two attached hydrogens (primary N) is 1. The maximum absolute atomic E-state index is 11.4. The van der Waals surface area contributed by atoms with E-state index in [0.717, 1.165) is 23.4 Å². The first kappa shape index (κ1) is 15.8. The smallest absolute Gasteiger partial charge is 0.211 e. The summed E-state index contributed by atoms with van der Waals surface area (Å²) in [7, 11) is -3.12. The molecule has 0 aromatic heterocycles. The van der Waals surface area contributed by atoms with Crippen molar-refractivity contribution >= 4 is 21.4 Å². The lowest BCUT2D eigenvalue weighted by atomic mass is 10.1. The highest BCUT2D eigenvalue weighted by atomic mass is 32.2. The zero-order valence-corrected chi connectivity index (χ0v) is 12.6. The lowest BCUT2D eigenvalue weighted by Gasteiger charge is -2.18. The highest BCUT2D eigenvalue weighted by molar-refractivity contribution is 7.88. The van der Waals surface area contributed by atoms with Gasteiger partial charge < -0.3 is 11.1 Å². The maximum Gasteiger partial charge on any atom is 0.211 e. The molecule has 0 bridgehead atoms. The first-order valence-corrected chi connectivity index (χ1v) is 8.30. The summed E-state index contributed by atoms with van der Waals surface area (Å²) < 4.78 is 24.3.